The largest absolute Gasteiger partial charge is 0.399 e. The third-order valence-corrected chi connectivity index (χ3v) is 5.14. The van der Waals surface area contributed by atoms with Crippen molar-refractivity contribution in [2.45, 2.75) is 25.9 Å². The molecule has 0 unspecified atom stereocenters. The van der Waals surface area contributed by atoms with Gasteiger partial charge < -0.3 is 5.73 Å². The molecule has 0 aliphatic carbocycles. The first kappa shape index (κ1) is 16.9. The van der Waals surface area contributed by atoms with Crippen LogP contribution < -0.4 is 10.5 Å². The fourth-order valence-corrected chi connectivity index (χ4v) is 3.74. The van der Waals surface area contributed by atoms with Gasteiger partial charge in [-0.15, -0.1) is 0 Å². The molecule has 1 aromatic rings. The van der Waals surface area contributed by atoms with Crippen molar-refractivity contribution in [2.24, 2.45) is 5.92 Å². The Labute approximate surface area is 127 Å². The molecule has 124 valence electrons. The van der Waals surface area contributed by atoms with Gasteiger partial charge in [0.05, 0.1) is 11.6 Å². The molecule has 1 aliphatic rings. The van der Waals surface area contributed by atoms with Gasteiger partial charge in [-0.1, -0.05) is 0 Å². The van der Waals surface area contributed by atoms with Crippen LogP contribution in [0.5, 0.6) is 0 Å². The summed E-state index contributed by atoms with van der Waals surface area (Å²) < 4.78 is 65.7. The second-order valence-electron chi connectivity index (χ2n) is 5.45. The van der Waals surface area contributed by atoms with Crippen LogP contribution in [0.1, 0.15) is 18.4 Å². The number of hydrogen-bond acceptors (Lipinski definition) is 3. The molecular weight excluding hydrogens is 319 g/mol. The molecule has 22 heavy (non-hydrogen) atoms. The number of halogens is 3. The standard InChI is InChI=1S/C13H18F3N3O2S/c1-9-6-11(17)8-12(7-9)18-22(20,21)19-4-2-10(3-5-19)13(14,15)16/h6-8,10,18H,2-5,17H2,1H3. The summed E-state index contributed by atoms with van der Waals surface area (Å²) >= 11 is 0. The molecule has 1 aliphatic heterocycles. The summed E-state index contributed by atoms with van der Waals surface area (Å²) in [6.07, 6.45) is -4.71. The molecule has 1 fully saturated rings. The predicted octanol–water partition coefficient (Wildman–Crippen LogP) is 2.51. The van der Waals surface area contributed by atoms with Crippen LogP contribution in [-0.2, 0) is 10.2 Å². The Bertz CT molecular complexity index is 618. The average molecular weight is 337 g/mol. The van der Waals surface area contributed by atoms with E-state index in [0.717, 1.165) is 9.87 Å². The summed E-state index contributed by atoms with van der Waals surface area (Å²) in [6.45, 7) is 1.46. The number of nitrogen functional groups attached to an aromatic ring is 1. The number of nitrogens with one attached hydrogen (secondary N) is 1. The first-order valence-corrected chi connectivity index (χ1v) is 8.24. The third kappa shape index (κ3) is 4.04. The van der Waals surface area contributed by atoms with Crippen molar-refractivity contribution in [2.75, 3.05) is 23.5 Å². The summed E-state index contributed by atoms with van der Waals surface area (Å²) in [7, 11) is -3.88. The number of alkyl halides is 3. The van der Waals surface area contributed by atoms with Gasteiger partial charge in [0.25, 0.3) is 0 Å². The molecule has 2 rings (SSSR count). The van der Waals surface area contributed by atoms with Gasteiger partial charge in [-0.25, -0.2) is 0 Å². The average Bonchev–Trinajstić information content (AvgIpc) is 2.36. The minimum absolute atomic E-state index is 0.152. The predicted molar refractivity (Wildman–Crippen MR) is 78.5 cm³/mol. The van der Waals surface area contributed by atoms with Gasteiger partial charge in [0.2, 0.25) is 0 Å². The molecule has 5 nitrogen and oxygen atoms in total. The molecule has 0 radical (unpaired) electrons. The highest BCUT2D eigenvalue weighted by molar-refractivity contribution is 7.90. The normalized spacial score (nSPS) is 18.4. The lowest BCUT2D eigenvalue weighted by Gasteiger charge is -2.32. The van der Waals surface area contributed by atoms with E-state index in [1.807, 2.05) is 0 Å². The number of nitrogens with two attached hydrogens (primary N) is 1. The fourth-order valence-electron chi connectivity index (χ4n) is 2.51. The number of hydrogen-bond donors (Lipinski definition) is 2. The van der Waals surface area contributed by atoms with Gasteiger partial charge >= 0.3 is 16.4 Å². The van der Waals surface area contributed by atoms with Crippen LogP contribution in [0.25, 0.3) is 0 Å². The molecule has 0 saturated carbocycles. The second kappa shape index (κ2) is 5.96. The van der Waals surface area contributed by atoms with E-state index in [4.69, 9.17) is 5.73 Å². The van der Waals surface area contributed by atoms with Crippen molar-refractivity contribution in [1.82, 2.24) is 4.31 Å². The molecule has 0 bridgehead atoms. The Hall–Kier alpha value is -1.48. The van der Waals surface area contributed by atoms with Gasteiger partial charge in [-0.2, -0.15) is 25.9 Å². The van der Waals surface area contributed by atoms with Crippen molar-refractivity contribution in [1.29, 1.82) is 0 Å². The first-order chi connectivity index (χ1) is 10.1. The Morgan fingerprint density at radius 3 is 2.32 bits per heavy atom. The van der Waals surface area contributed by atoms with Gasteiger partial charge in [0, 0.05) is 18.8 Å². The lowest BCUT2D eigenvalue weighted by Crippen LogP contribution is -2.44. The van der Waals surface area contributed by atoms with Crippen LogP contribution in [0.3, 0.4) is 0 Å². The van der Waals surface area contributed by atoms with Crippen molar-refractivity contribution in [3.8, 4) is 0 Å². The summed E-state index contributed by atoms with van der Waals surface area (Å²) in [5.41, 5.74) is 7.15. The lowest BCUT2D eigenvalue weighted by atomic mass is 9.98. The van der Waals surface area contributed by atoms with Crippen LogP contribution >= 0.6 is 0 Å². The van der Waals surface area contributed by atoms with E-state index in [2.05, 4.69) is 4.72 Å². The lowest BCUT2D eigenvalue weighted by molar-refractivity contribution is -0.182. The quantitative estimate of drug-likeness (QED) is 0.832. The molecule has 1 aromatic carbocycles. The van der Waals surface area contributed by atoms with Crippen LogP contribution in [0.2, 0.25) is 0 Å². The number of benzene rings is 1. The van der Waals surface area contributed by atoms with Crippen molar-refractivity contribution in [3.05, 3.63) is 23.8 Å². The smallest absolute Gasteiger partial charge is 0.391 e. The second-order valence-corrected chi connectivity index (χ2v) is 7.13. The minimum Gasteiger partial charge on any atom is -0.399 e. The Morgan fingerprint density at radius 1 is 1.23 bits per heavy atom. The number of piperidine rings is 1. The maximum absolute atomic E-state index is 12.6. The Kier molecular flexibility index (Phi) is 4.57. The maximum atomic E-state index is 12.6. The topological polar surface area (TPSA) is 75.4 Å². The molecule has 9 heteroatoms. The highest BCUT2D eigenvalue weighted by Gasteiger charge is 2.42. The Morgan fingerprint density at radius 2 is 1.82 bits per heavy atom. The molecule has 0 spiro atoms. The summed E-state index contributed by atoms with van der Waals surface area (Å²) in [5.74, 6) is -1.44. The maximum Gasteiger partial charge on any atom is 0.391 e. The van der Waals surface area contributed by atoms with E-state index >= 15 is 0 Å². The van der Waals surface area contributed by atoms with E-state index in [1.165, 1.54) is 6.07 Å². The van der Waals surface area contributed by atoms with Gasteiger partial charge in [0.15, 0.2) is 0 Å². The number of rotatable bonds is 3. The monoisotopic (exact) mass is 337 g/mol. The van der Waals surface area contributed by atoms with Gasteiger partial charge in [-0.3, -0.25) is 4.72 Å². The summed E-state index contributed by atoms with van der Waals surface area (Å²) in [4.78, 5) is 0. The van der Waals surface area contributed by atoms with Crippen LogP contribution in [-0.4, -0.2) is 32.0 Å². The van der Waals surface area contributed by atoms with Crippen LogP contribution in [0.15, 0.2) is 18.2 Å². The number of aryl methyl sites for hydroxylation is 1. The zero-order valence-electron chi connectivity index (χ0n) is 12.0. The molecule has 3 N–H and O–H groups in total. The molecule has 0 amide bonds. The van der Waals surface area contributed by atoms with Gasteiger partial charge in [-0.05, 0) is 43.5 Å². The van der Waals surface area contributed by atoms with Crippen LogP contribution in [0, 0.1) is 12.8 Å². The zero-order chi connectivity index (χ0) is 16.5. The molecule has 1 saturated heterocycles. The highest BCUT2D eigenvalue weighted by Crippen LogP contribution is 2.34. The fraction of sp³-hybridized carbons (Fsp3) is 0.538. The number of nitrogens with zero attached hydrogens (tertiary/aromatic N) is 1. The Balaban J connectivity index is 2.06. The van der Waals surface area contributed by atoms with Crippen LogP contribution in [0.4, 0.5) is 24.5 Å². The van der Waals surface area contributed by atoms with E-state index < -0.39 is 22.3 Å². The van der Waals surface area contributed by atoms with E-state index in [9.17, 15) is 21.6 Å². The molecule has 1 heterocycles. The molecular formula is C13H18F3N3O2S. The van der Waals surface area contributed by atoms with E-state index in [1.54, 1.807) is 19.1 Å². The highest BCUT2D eigenvalue weighted by atomic mass is 32.2. The minimum atomic E-state index is -4.27. The van der Waals surface area contributed by atoms with E-state index in [0.29, 0.717) is 11.4 Å². The van der Waals surface area contributed by atoms with E-state index in [-0.39, 0.29) is 25.9 Å². The summed E-state index contributed by atoms with van der Waals surface area (Å²) in [6, 6.07) is 4.76. The first-order valence-electron chi connectivity index (χ1n) is 6.80. The summed E-state index contributed by atoms with van der Waals surface area (Å²) in [5, 5.41) is 0. The van der Waals surface area contributed by atoms with Crippen molar-refractivity contribution in [3.63, 3.8) is 0 Å². The number of anilines is 2. The van der Waals surface area contributed by atoms with Gasteiger partial charge in [0.1, 0.15) is 0 Å². The van der Waals surface area contributed by atoms with Crippen molar-refractivity contribution >= 4 is 21.6 Å². The molecule has 0 aromatic heterocycles. The SMILES string of the molecule is Cc1cc(N)cc(NS(=O)(=O)N2CCC(C(F)(F)F)CC2)c1. The molecule has 0 atom stereocenters. The zero-order valence-corrected chi connectivity index (χ0v) is 12.8. The van der Waals surface area contributed by atoms with Crippen molar-refractivity contribution < 1.29 is 21.6 Å². The third-order valence-electron chi connectivity index (χ3n) is 3.60.